The van der Waals surface area contributed by atoms with E-state index in [1.807, 2.05) is 5.38 Å². The Morgan fingerprint density at radius 3 is 2.50 bits per heavy atom. The first kappa shape index (κ1) is 22.2. The highest BCUT2D eigenvalue weighted by Crippen LogP contribution is 2.35. The van der Waals surface area contributed by atoms with Crippen LogP contribution in [0.1, 0.15) is 11.3 Å². The Kier molecular flexibility index (Phi) is 6.38. The van der Waals surface area contributed by atoms with Crippen molar-refractivity contribution in [2.24, 2.45) is 0 Å². The molecule has 0 amide bonds. The van der Waals surface area contributed by atoms with Crippen molar-refractivity contribution in [2.45, 2.75) is 17.2 Å². The minimum Gasteiger partial charge on any atom is -0.497 e. The van der Waals surface area contributed by atoms with Crippen LogP contribution in [-0.2, 0) is 11.9 Å². The van der Waals surface area contributed by atoms with Gasteiger partial charge in [0.15, 0.2) is 0 Å². The fourth-order valence-electron chi connectivity index (χ4n) is 2.80. The summed E-state index contributed by atoms with van der Waals surface area (Å²) in [5, 5.41) is 11.0. The fraction of sp³-hybridized carbons (Fsp3) is 0.190. The highest BCUT2D eigenvalue weighted by atomic mass is 32.2. The zero-order valence-corrected chi connectivity index (χ0v) is 18.5. The first-order chi connectivity index (χ1) is 15.4. The van der Waals surface area contributed by atoms with Gasteiger partial charge in [0, 0.05) is 22.8 Å². The smallest absolute Gasteiger partial charge is 0.416 e. The summed E-state index contributed by atoms with van der Waals surface area (Å²) < 4.78 is 54.5. The molecule has 11 heteroatoms. The van der Waals surface area contributed by atoms with Crippen molar-refractivity contribution < 1.29 is 27.1 Å². The summed E-state index contributed by atoms with van der Waals surface area (Å²) >= 11 is 2.67. The lowest BCUT2D eigenvalue weighted by Gasteiger charge is -2.07. The lowest BCUT2D eigenvalue weighted by atomic mass is 10.1. The number of aromatic nitrogens is 3. The molecule has 166 valence electrons. The van der Waals surface area contributed by atoms with Gasteiger partial charge >= 0.3 is 6.18 Å². The maximum absolute atomic E-state index is 12.7. The van der Waals surface area contributed by atoms with E-state index < -0.39 is 11.7 Å². The monoisotopic (exact) mass is 479 g/mol. The Labute approximate surface area is 189 Å². The van der Waals surface area contributed by atoms with Crippen LogP contribution in [0, 0.1) is 0 Å². The predicted octanol–water partition coefficient (Wildman–Crippen LogP) is 6.19. The fourth-order valence-corrected chi connectivity index (χ4v) is 4.38. The van der Waals surface area contributed by atoms with Crippen molar-refractivity contribution in [2.75, 3.05) is 14.2 Å². The maximum Gasteiger partial charge on any atom is 0.416 e. The zero-order valence-electron chi connectivity index (χ0n) is 16.8. The van der Waals surface area contributed by atoms with Crippen molar-refractivity contribution in [1.82, 2.24) is 15.2 Å². The summed E-state index contributed by atoms with van der Waals surface area (Å²) in [5.74, 6) is 1.98. The summed E-state index contributed by atoms with van der Waals surface area (Å²) in [5.41, 5.74) is 1.35. The highest BCUT2D eigenvalue weighted by molar-refractivity contribution is 7.98. The Morgan fingerprint density at radius 1 is 1.03 bits per heavy atom. The number of nitrogens with zero attached hydrogens (tertiary/aromatic N) is 3. The number of hydrogen-bond acceptors (Lipinski definition) is 8. The van der Waals surface area contributed by atoms with Gasteiger partial charge in [-0.1, -0.05) is 23.9 Å². The number of benzene rings is 2. The lowest BCUT2D eigenvalue weighted by molar-refractivity contribution is -0.137. The molecule has 0 spiro atoms. The molecule has 2 aromatic heterocycles. The van der Waals surface area contributed by atoms with Gasteiger partial charge in [0.1, 0.15) is 16.5 Å². The molecule has 6 nitrogen and oxygen atoms in total. The van der Waals surface area contributed by atoms with Crippen LogP contribution in [0.4, 0.5) is 13.2 Å². The number of alkyl halides is 3. The zero-order chi connectivity index (χ0) is 22.7. The second-order valence-corrected chi connectivity index (χ2v) is 8.23. The van der Waals surface area contributed by atoms with Crippen molar-refractivity contribution in [1.29, 1.82) is 0 Å². The van der Waals surface area contributed by atoms with E-state index in [1.165, 1.54) is 35.2 Å². The van der Waals surface area contributed by atoms with E-state index in [-0.39, 0.29) is 0 Å². The van der Waals surface area contributed by atoms with Crippen LogP contribution < -0.4 is 9.47 Å². The summed E-state index contributed by atoms with van der Waals surface area (Å²) in [6.45, 7) is 0. The van der Waals surface area contributed by atoms with Crippen LogP contribution in [-0.4, -0.2) is 29.4 Å². The Bertz CT molecular complexity index is 1210. The lowest BCUT2D eigenvalue weighted by Crippen LogP contribution is -2.03. The van der Waals surface area contributed by atoms with Gasteiger partial charge in [0.05, 0.1) is 31.0 Å². The molecule has 0 aliphatic rings. The number of halogens is 3. The largest absolute Gasteiger partial charge is 0.497 e. The van der Waals surface area contributed by atoms with Gasteiger partial charge in [-0.2, -0.15) is 13.2 Å². The van der Waals surface area contributed by atoms with Crippen LogP contribution in [0.25, 0.3) is 22.0 Å². The molecule has 0 saturated carbocycles. The minimum absolute atomic E-state index is 0.315. The van der Waals surface area contributed by atoms with E-state index in [1.54, 1.807) is 32.4 Å². The van der Waals surface area contributed by atoms with Gasteiger partial charge in [-0.15, -0.1) is 21.5 Å². The molecule has 2 aromatic carbocycles. The number of hydrogen-bond donors (Lipinski definition) is 0. The Balaban J connectivity index is 1.43. The quantitative estimate of drug-likeness (QED) is 0.293. The molecule has 4 aromatic rings. The predicted molar refractivity (Wildman–Crippen MR) is 115 cm³/mol. The van der Waals surface area contributed by atoms with E-state index in [0.29, 0.717) is 44.5 Å². The molecule has 32 heavy (non-hydrogen) atoms. The Hall–Kier alpha value is -3.05. The minimum atomic E-state index is -4.36. The highest BCUT2D eigenvalue weighted by Gasteiger charge is 2.30. The van der Waals surface area contributed by atoms with Crippen LogP contribution in [0.2, 0.25) is 0 Å². The molecule has 4 rings (SSSR count). The molecule has 0 bridgehead atoms. The molecule has 0 fully saturated rings. The maximum atomic E-state index is 12.7. The van der Waals surface area contributed by atoms with Crippen LogP contribution >= 0.6 is 23.1 Å². The number of thioether (sulfide) groups is 1. The summed E-state index contributed by atoms with van der Waals surface area (Å²) in [6, 6.07) is 10.2. The molecule has 0 aliphatic carbocycles. The molecular formula is C21H16F3N3O3S2. The second-order valence-electron chi connectivity index (χ2n) is 6.45. The molecular weight excluding hydrogens is 463 g/mol. The number of rotatable bonds is 7. The summed E-state index contributed by atoms with van der Waals surface area (Å²) in [7, 11) is 3.11. The third kappa shape index (κ3) is 4.89. The first-order valence-corrected chi connectivity index (χ1v) is 11.0. The van der Waals surface area contributed by atoms with Gasteiger partial charge in [-0.25, -0.2) is 4.98 Å². The normalized spacial score (nSPS) is 11.5. The van der Waals surface area contributed by atoms with Crippen LogP contribution in [0.3, 0.4) is 0 Å². The average Bonchev–Trinajstić information content (AvgIpc) is 3.46. The van der Waals surface area contributed by atoms with E-state index >= 15 is 0 Å². The Morgan fingerprint density at radius 2 is 1.81 bits per heavy atom. The standard InChI is InChI=1S/C21H16F3N3O3S2/c1-28-15-7-8-16(17(9-15)29-2)18-26-27-20(30-18)32-11-14-10-31-19(25-14)12-3-5-13(6-4-12)21(22,23)24/h3-10H,11H2,1-2H3. The van der Waals surface area contributed by atoms with Crippen molar-refractivity contribution in [3.63, 3.8) is 0 Å². The number of ether oxygens (including phenoxy) is 2. The number of thiazole rings is 1. The average molecular weight is 480 g/mol. The molecule has 0 saturated heterocycles. The van der Waals surface area contributed by atoms with Gasteiger partial charge in [-0.05, 0) is 24.3 Å². The van der Waals surface area contributed by atoms with E-state index in [9.17, 15) is 13.2 Å². The van der Waals surface area contributed by atoms with Crippen molar-refractivity contribution in [3.8, 4) is 33.5 Å². The molecule has 2 heterocycles. The molecule has 0 N–H and O–H groups in total. The third-order valence-electron chi connectivity index (χ3n) is 4.40. The van der Waals surface area contributed by atoms with Crippen LogP contribution in [0.5, 0.6) is 11.5 Å². The van der Waals surface area contributed by atoms with Gasteiger partial charge in [-0.3, -0.25) is 0 Å². The SMILES string of the molecule is COc1ccc(-c2nnc(SCc3csc(-c4ccc(C(F)(F)F)cc4)n3)o2)c(OC)c1. The summed E-state index contributed by atoms with van der Waals surface area (Å²) in [6.07, 6.45) is -4.36. The molecule has 0 atom stereocenters. The van der Waals surface area contributed by atoms with E-state index in [0.717, 1.165) is 17.8 Å². The second kappa shape index (κ2) is 9.21. The van der Waals surface area contributed by atoms with Gasteiger partial charge < -0.3 is 13.9 Å². The summed E-state index contributed by atoms with van der Waals surface area (Å²) in [4.78, 5) is 4.49. The topological polar surface area (TPSA) is 70.3 Å². The first-order valence-electron chi connectivity index (χ1n) is 9.18. The van der Waals surface area contributed by atoms with Crippen molar-refractivity contribution >= 4 is 23.1 Å². The van der Waals surface area contributed by atoms with Gasteiger partial charge in [0.25, 0.3) is 11.1 Å². The third-order valence-corrected chi connectivity index (χ3v) is 6.19. The van der Waals surface area contributed by atoms with E-state index in [4.69, 9.17) is 13.9 Å². The molecule has 0 aliphatic heterocycles. The number of methoxy groups -OCH3 is 2. The van der Waals surface area contributed by atoms with Gasteiger partial charge in [0.2, 0.25) is 0 Å². The molecule has 0 unspecified atom stereocenters. The van der Waals surface area contributed by atoms with Crippen molar-refractivity contribution in [3.05, 3.63) is 59.1 Å². The van der Waals surface area contributed by atoms with Crippen LogP contribution in [0.15, 0.2) is 57.5 Å². The van der Waals surface area contributed by atoms with E-state index in [2.05, 4.69) is 15.2 Å². The molecule has 0 radical (unpaired) electrons.